The van der Waals surface area contributed by atoms with E-state index in [4.69, 9.17) is 19.7 Å². The number of aliphatic hydroxyl groups is 2. The van der Waals surface area contributed by atoms with E-state index in [1.165, 1.54) is 11.1 Å². The summed E-state index contributed by atoms with van der Waals surface area (Å²) in [6.07, 6.45) is 0.573. The van der Waals surface area contributed by atoms with Crippen LogP contribution in [-0.4, -0.2) is 35.6 Å². The summed E-state index contributed by atoms with van der Waals surface area (Å²) in [5.74, 6) is 1.83. The summed E-state index contributed by atoms with van der Waals surface area (Å²) in [7, 11) is 0. The van der Waals surface area contributed by atoms with Gasteiger partial charge in [0.1, 0.15) is 23.7 Å². The third-order valence-corrected chi connectivity index (χ3v) is 4.16. The maximum atomic E-state index is 9.07. The van der Waals surface area contributed by atoms with Gasteiger partial charge in [-0.05, 0) is 55.7 Å². The molecule has 2 atom stereocenters. The second kappa shape index (κ2) is 9.44. The second-order valence-corrected chi connectivity index (χ2v) is 6.32. The van der Waals surface area contributed by atoms with Crippen LogP contribution in [0.1, 0.15) is 44.2 Å². The molecule has 0 saturated heterocycles. The number of rotatable bonds is 9. The summed E-state index contributed by atoms with van der Waals surface area (Å²) in [6, 6.07) is 16.1. The molecule has 0 aliphatic heterocycles. The Morgan fingerprint density at radius 3 is 1.36 bits per heavy atom. The molecule has 0 saturated carbocycles. The molecule has 4 nitrogen and oxygen atoms in total. The molecule has 2 aromatic carbocycles. The molecule has 0 aliphatic carbocycles. The Morgan fingerprint density at radius 2 is 1.08 bits per heavy atom. The lowest BCUT2D eigenvalue weighted by Crippen LogP contribution is -2.16. The van der Waals surface area contributed by atoms with E-state index >= 15 is 0 Å². The zero-order valence-electron chi connectivity index (χ0n) is 15.2. The van der Waals surface area contributed by atoms with Gasteiger partial charge in [-0.2, -0.15) is 0 Å². The van der Waals surface area contributed by atoms with Crippen molar-refractivity contribution in [3.63, 3.8) is 0 Å². The van der Waals surface area contributed by atoms with Gasteiger partial charge in [-0.3, -0.25) is 0 Å². The van der Waals surface area contributed by atoms with Crippen molar-refractivity contribution in [2.45, 2.75) is 45.3 Å². The second-order valence-electron chi connectivity index (χ2n) is 6.32. The first-order valence-corrected chi connectivity index (χ1v) is 8.82. The Labute approximate surface area is 150 Å². The molecule has 136 valence electrons. The molecule has 0 aromatic heterocycles. The van der Waals surface area contributed by atoms with Gasteiger partial charge in [-0.1, -0.05) is 31.2 Å². The average Bonchev–Trinajstić information content (AvgIpc) is 2.64. The molecule has 0 bridgehead atoms. The van der Waals surface area contributed by atoms with Crippen LogP contribution in [0.25, 0.3) is 0 Å². The summed E-state index contributed by atoms with van der Waals surface area (Å²) in [5.41, 5.74) is 2.45. The number of hydrogen-bond acceptors (Lipinski definition) is 4. The third-order valence-electron chi connectivity index (χ3n) is 4.16. The van der Waals surface area contributed by atoms with Crippen LogP contribution in [-0.2, 0) is 0 Å². The van der Waals surface area contributed by atoms with E-state index in [1.54, 1.807) is 0 Å². The Balaban J connectivity index is 2.10. The summed E-state index contributed by atoms with van der Waals surface area (Å²) in [5, 5.41) is 18.1. The van der Waals surface area contributed by atoms with Crippen LogP contribution in [0.4, 0.5) is 0 Å². The first kappa shape index (κ1) is 19.3. The number of hydrogen-bond donors (Lipinski definition) is 2. The predicted octanol–water partition coefficient (Wildman–Crippen LogP) is 3.75. The molecule has 2 N–H and O–H groups in total. The summed E-state index contributed by atoms with van der Waals surface area (Å²) in [4.78, 5) is 0. The van der Waals surface area contributed by atoms with Gasteiger partial charge >= 0.3 is 0 Å². The number of ether oxygens (including phenoxy) is 2. The monoisotopic (exact) mass is 344 g/mol. The minimum absolute atomic E-state index is 0.00263. The Morgan fingerprint density at radius 1 is 0.720 bits per heavy atom. The van der Waals surface area contributed by atoms with Crippen LogP contribution in [0.3, 0.4) is 0 Å². The van der Waals surface area contributed by atoms with Gasteiger partial charge in [0, 0.05) is 5.92 Å². The van der Waals surface area contributed by atoms with Crippen molar-refractivity contribution < 1.29 is 19.7 Å². The van der Waals surface area contributed by atoms with Gasteiger partial charge in [0.05, 0.1) is 13.2 Å². The highest BCUT2D eigenvalue weighted by atomic mass is 16.5. The van der Waals surface area contributed by atoms with E-state index in [9.17, 15) is 0 Å². The average molecular weight is 344 g/mol. The zero-order chi connectivity index (χ0) is 18.2. The van der Waals surface area contributed by atoms with Gasteiger partial charge in [0.25, 0.3) is 0 Å². The van der Waals surface area contributed by atoms with E-state index in [0.29, 0.717) is 5.92 Å². The van der Waals surface area contributed by atoms with Crippen molar-refractivity contribution in [1.29, 1.82) is 0 Å². The van der Waals surface area contributed by atoms with Crippen LogP contribution in [0.2, 0.25) is 0 Å². The van der Waals surface area contributed by atoms with Gasteiger partial charge in [-0.25, -0.2) is 0 Å². The van der Waals surface area contributed by atoms with Gasteiger partial charge in [0.2, 0.25) is 0 Å². The van der Waals surface area contributed by atoms with Crippen molar-refractivity contribution in [3.8, 4) is 11.5 Å². The summed E-state index contributed by atoms with van der Waals surface area (Å²) < 4.78 is 11.2. The third kappa shape index (κ3) is 5.48. The lowest BCUT2D eigenvalue weighted by atomic mass is 9.89. The minimum Gasteiger partial charge on any atom is -0.488 e. The van der Waals surface area contributed by atoms with Crippen LogP contribution in [0.5, 0.6) is 11.5 Å². The normalized spacial score (nSPS) is 14.6. The lowest BCUT2D eigenvalue weighted by molar-refractivity contribution is 0.129. The highest BCUT2D eigenvalue weighted by Crippen LogP contribution is 2.30. The number of aliphatic hydroxyl groups excluding tert-OH is 2. The molecular weight excluding hydrogens is 316 g/mol. The van der Waals surface area contributed by atoms with Gasteiger partial charge < -0.3 is 19.7 Å². The maximum Gasteiger partial charge on any atom is 0.119 e. The Hall–Kier alpha value is -2.04. The molecule has 0 spiro atoms. The summed E-state index contributed by atoms with van der Waals surface area (Å²) in [6.45, 7) is 5.85. The predicted molar refractivity (Wildman–Crippen MR) is 99.4 cm³/mol. The molecule has 25 heavy (non-hydrogen) atoms. The standard InChI is InChI=1S/C21H28O4/c1-4-21(17-5-9-19(10-6-17)24-15(2)13-22)18-7-11-20(12-8-18)25-16(3)14-23/h5-12,15-16,21-23H,4,13-14H2,1-3H3. The maximum absolute atomic E-state index is 9.07. The van der Waals surface area contributed by atoms with E-state index in [2.05, 4.69) is 31.2 Å². The van der Waals surface area contributed by atoms with Crippen molar-refractivity contribution in [2.75, 3.05) is 13.2 Å². The minimum atomic E-state index is -0.207. The van der Waals surface area contributed by atoms with E-state index in [1.807, 2.05) is 38.1 Å². The molecule has 0 aliphatic rings. The lowest BCUT2D eigenvalue weighted by Gasteiger charge is -2.18. The fourth-order valence-electron chi connectivity index (χ4n) is 2.76. The van der Waals surface area contributed by atoms with Crippen LogP contribution < -0.4 is 9.47 Å². The fraction of sp³-hybridized carbons (Fsp3) is 0.429. The van der Waals surface area contributed by atoms with Crippen LogP contribution in [0, 0.1) is 0 Å². The highest BCUT2D eigenvalue weighted by molar-refractivity contribution is 5.38. The summed E-state index contributed by atoms with van der Waals surface area (Å²) >= 11 is 0. The molecule has 0 heterocycles. The highest BCUT2D eigenvalue weighted by Gasteiger charge is 2.13. The first-order chi connectivity index (χ1) is 12.1. The van der Waals surface area contributed by atoms with Crippen molar-refractivity contribution in [2.24, 2.45) is 0 Å². The van der Waals surface area contributed by atoms with Crippen molar-refractivity contribution >= 4 is 0 Å². The topological polar surface area (TPSA) is 58.9 Å². The molecule has 0 radical (unpaired) electrons. The van der Waals surface area contributed by atoms with Crippen LogP contribution >= 0.6 is 0 Å². The molecule has 0 fully saturated rings. The van der Waals surface area contributed by atoms with E-state index in [-0.39, 0.29) is 25.4 Å². The van der Waals surface area contributed by atoms with Crippen molar-refractivity contribution in [1.82, 2.24) is 0 Å². The van der Waals surface area contributed by atoms with Crippen molar-refractivity contribution in [3.05, 3.63) is 59.7 Å². The Bertz CT molecular complexity index is 566. The van der Waals surface area contributed by atoms with E-state index < -0.39 is 0 Å². The smallest absolute Gasteiger partial charge is 0.119 e. The molecule has 2 rings (SSSR count). The van der Waals surface area contributed by atoms with E-state index in [0.717, 1.165) is 17.9 Å². The Kier molecular flexibility index (Phi) is 7.29. The molecule has 0 amide bonds. The quantitative estimate of drug-likeness (QED) is 0.727. The molecular formula is C21H28O4. The van der Waals surface area contributed by atoms with Gasteiger partial charge in [-0.15, -0.1) is 0 Å². The zero-order valence-corrected chi connectivity index (χ0v) is 15.2. The van der Waals surface area contributed by atoms with Crippen LogP contribution in [0.15, 0.2) is 48.5 Å². The molecule has 2 unspecified atom stereocenters. The molecule has 4 heteroatoms. The largest absolute Gasteiger partial charge is 0.488 e. The first-order valence-electron chi connectivity index (χ1n) is 8.82. The molecule has 2 aromatic rings. The fourth-order valence-corrected chi connectivity index (χ4v) is 2.76. The van der Waals surface area contributed by atoms with Gasteiger partial charge in [0.15, 0.2) is 0 Å². The number of benzene rings is 2. The SMILES string of the molecule is CCC(c1ccc(OC(C)CO)cc1)c1ccc(OC(C)CO)cc1.